The number of amides is 1. The van der Waals surface area contributed by atoms with Crippen LogP contribution in [-0.4, -0.2) is 36.0 Å². The summed E-state index contributed by atoms with van der Waals surface area (Å²) in [5, 5.41) is 6.49. The largest absolute Gasteiger partial charge is 0.354 e. The first-order valence-corrected chi connectivity index (χ1v) is 8.10. The van der Waals surface area contributed by atoms with Crippen molar-refractivity contribution < 1.29 is 4.79 Å². The van der Waals surface area contributed by atoms with Crippen LogP contribution in [0.1, 0.15) is 41.0 Å². The predicted octanol–water partition coefficient (Wildman–Crippen LogP) is 2.27. The lowest BCUT2D eigenvalue weighted by Crippen LogP contribution is -2.54. The van der Waals surface area contributed by atoms with E-state index in [0.29, 0.717) is 12.0 Å². The van der Waals surface area contributed by atoms with Crippen molar-refractivity contribution in [3.8, 4) is 0 Å². The van der Waals surface area contributed by atoms with Crippen LogP contribution < -0.4 is 10.6 Å². The first kappa shape index (κ1) is 15.8. The van der Waals surface area contributed by atoms with Crippen molar-refractivity contribution >= 4 is 17.7 Å². The number of rotatable bonds is 5. The molecule has 2 unspecified atom stereocenters. The fraction of sp³-hybridized carbons (Fsp3) is 0.929. The van der Waals surface area contributed by atoms with Gasteiger partial charge < -0.3 is 10.6 Å². The summed E-state index contributed by atoms with van der Waals surface area (Å²) in [5.74, 6) is 2.96. The van der Waals surface area contributed by atoms with E-state index >= 15 is 0 Å². The molecule has 1 fully saturated rings. The zero-order valence-electron chi connectivity index (χ0n) is 12.4. The van der Waals surface area contributed by atoms with E-state index in [1.165, 1.54) is 12.2 Å². The van der Waals surface area contributed by atoms with E-state index in [2.05, 4.69) is 38.3 Å². The fourth-order valence-electron chi connectivity index (χ4n) is 2.05. The number of nitrogens with one attached hydrogen (secondary N) is 2. The lowest BCUT2D eigenvalue weighted by molar-refractivity contribution is -0.123. The molecule has 2 atom stereocenters. The molecule has 0 aromatic rings. The molecule has 3 nitrogen and oxygen atoms in total. The van der Waals surface area contributed by atoms with Gasteiger partial charge in [-0.2, -0.15) is 11.8 Å². The number of carbonyl (C=O) groups is 1. The Hall–Kier alpha value is -0.220. The van der Waals surface area contributed by atoms with Crippen molar-refractivity contribution in [1.29, 1.82) is 0 Å². The molecule has 1 aliphatic rings. The van der Waals surface area contributed by atoms with Crippen LogP contribution in [0.2, 0.25) is 0 Å². The first-order valence-electron chi connectivity index (χ1n) is 6.94. The van der Waals surface area contributed by atoms with Crippen LogP contribution in [0.4, 0.5) is 0 Å². The summed E-state index contributed by atoms with van der Waals surface area (Å²) >= 11 is 1.98. The van der Waals surface area contributed by atoms with E-state index < -0.39 is 0 Å². The van der Waals surface area contributed by atoms with E-state index in [4.69, 9.17) is 0 Å². The van der Waals surface area contributed by atoms with Crippen LogP contribution in [-0.2, 0) is 4.79 Å². The van der Waals surface area contributed by atoms with Gasteiger partial charge in [0.2, 0.25) is 5.91 Å². The van der Waals surface area contributed by atoms with Crippen LogP contribution in [0.15, 0.2) is 0 Å². The van der Waals surface area contributed by atoms with Gasteiger partial charge in [0, 0.05) is 18.3 Å². The van der Waals surface area contributed by atoms with Crippen molar-refractivity contribution in [1.82, 2.24) is 10.6 Å². The molecule has 2 N–H and O–H groups in total. The van der Waals surface area contributed by atoms with Crippen molar-refractivity contribution in [3.63, 3.8) is 0 Å². The van der Waals surface area contributed by atoms with Crippen molar-refractivity contribution in [2.45, 2.75) is 53.1 Å². The molecule has 18 heavy (non-hydrogen) atoms. The Morgan fingerprint density at radius 3 is 2.61 bits per heavy atom. The average Bonchev–Trinajstić information content (AvgIpc) is 2.28. The third-order valence-electron chi connectivity index (χ3n) is 3.65. The van der Waals surface area contributed by atoms with E-state index in [1.54, 1.807) is 0 Å². The Labute approximate surface area is 116 Å². The van der Waals surface area contributed by atoms with Gasteiger partial charge in [-0.25, -0.2) is 0 Å². The third-order valence-corrected chi connectivity index (χ3v) is 4.71. The highest BCUT2D eigenvalue weighted by atomic mass is 32.2. The third kappa shape index (κ3) is 4.81. The molecule has 4 heteroatoms. The molecule has 0 saturated carbocycles. The number of thioether (sulfide) groups is 1. The van der Waals surface area contributed by atoms with Crippen molar-refractivity contribution in [2.24, 2.45) is 11.3 Å². The maximum atomic E-state index is 12.0. The van der Waals surface area contributed by atoms with Crippen LogP contribution in [0.5, 0.6) is 0 Å². The van der Waals surface area contributed by atoms with Gasteiger partial charge >= 0.3 is 0 Å². The smallest absolute Gasteiger partial charge is 0.236 e. The lowest BCUT2D eigenvalue weighted by Gasteiger charge is -2.40. The average molecular weight is 272 g/mol. The normalized spacial score (nSPS) is 24.9. The molecular formula is C14H28N2OS. The Morgan fingerprint density at radius 2 is 2.06 bits per heavy atom. The summed E-state index contributed by atoms with van der Waals surface area (Å²) in [6.07, 6.45) is 1.22. The molecule has 1 aliphatic heterocycles. The van der Waals surface area contributed by atoms with E-state index in [-0.39, 0.29) is 17.4 Å². The Balaban J connectivity index is 2.42. The molecule has 0 bridgehead atoms. The molecule has 0 aromatic carbocycles. The van der Waals surface area contributed by atoms with Gasteiger partial charge in [0.15, 0.2) is 0 Å². The molecule has 0 radical (unpaired) electrons. The molecular weight excluding hydrogens is 244 g/mol. The summed E-state index contributed by atoms with van der Waals surface area (Å²) < 4.78 is 0. The Bertz CT molecular complexity index is 279. The fourth-order valence-corrected chi connectivity index (χ4v) is 3.67. The highest BCUT2D eigenvalue weighted by Gasteiger charge is 2.34. The van der Waals surface area contributed by atoms with Gasteiger partial charge in [0.05, 0.1) is 6.04 Å². The minimum Gasteiger partial charge on any atom is -0.354 e. The standard InChI is InChI=1S/C14H28N2OS/c1-10(2)8-15-13(17)11(3)16-12-9-18-7-6-14(12,4)5/h10-12,16H,6-9H2,1-5H3,(H,15,17). The summed E-state index contributed by atoms with van der Waals surface area (Å²) in [5.41, 5.74) is 0.290. The monoisotopic (exact) mass is 272 g/mol. The molecule has 1 heterocycles. The van der Waals surface area contributed by atoms with Gasteiger partial charge in [0.1, 0.15) is 0 Å². The molecule has 1 amide bonds. The molecule has 1 rings (SSSR count). The maximum absolute atomic E-state index is 12.0. The zero-order chi connectivity index (χ0) is 13.8. The second-order valence-corrected chi connectivity index (χ2v) is 7.54. The van der Waals surface area contributed by atoms with E-state index in [0.717, 1.165) is 12.3 Å². The van der Waals surface area contributed by atoms with Crippen LogP contribution in [0.25, 0.3) is 0 Å². The maximum Gasteiger partial charge on any atom is 0.236 e. The summed E-state index contributed by atoms with van der Waals surface area (Å²) in [4.78, 5) is 12.0. The van der Waals surface area contributed by atoms with Crippen molar-refractivity contribution in [3.05, 3.63) is 0 Å². The number of hydrogen-bond acceptors (Lipinski definition) is 3. The summed E-state index contributed by atoms with van der Waals surface area (Å²) in [6, 6.07) is 0.322. The SMILES string of the molecule is CC(C)CNC(=O)C(C)NC1CSCCC1(C)C. The van der Waals surface area contributed by atoms with Gasteiger partial charge in [0.25, 0.3) is 0 Å². The highest BCUT2D eigenvalue weighted by molar-refractivity contribution is 7.99. The van der Waals surface area contributed by atoms with Crippen molar-refractivity contribution in [2.75, 3.05) is 18.1 Å². The Morgan fingerprint density at radius 1 is 1.39 bits per heavy atom. The first-order chi connectivity index (χ1) is 8.33. The van der Waals surface area contributed by atoms with Crippen LogP contribution >= 0.6 is 11.8 Å². The van der Waals surface area contributed by atoms with Gasteiger partial charge in [-0.15, -0.1) is 0 Å². The molecule has 1 saturated heterocycles. The summed E-state index contributed by atoms with van der Waals surface area (Å²) in [6.45, 7) is 11.5. The van der Waals surface area contributed by atoms with Crippen LogP contribution in [0, 0.1) is 11.3 Å². The summed E-state index contributed by atoms with van der Waals surface area (Å²) in [7, 11) is 0. The second kappa shape index (κ2) is 6.80. The topological polar surface area (TPSA) is 41.1 Å². The molecule has 0 spiro atoms. The number of carbonyl (C=O) groups excluding carboxylic acids is 1. The highest BCUT2D eigenvalue weighted by Crippen LogP contribution is 2.34. The van der Waals surface area contributed by atoms with E-state index in [9.17, 15) is 4.79 Å². The number of hydrogen-bond donors (Lipinski definition) is 2. The Kier molecular flexibility index (Phi) is 5.99. The minimum atomic E-state index is -0.105. The zero-order valence-corrected chi connectivity index (χ0v) is 13.2. The van der Waals surface area contributed by atoms with Gasteiger partial charge in [-0.05, 0) is 30.4 Å². The molecule has 0 aliphatic carbocycles. The van der Waals surface area contributed by atoms with Gasteiger partial charge in [-0.3, -0.25) is 4.79 Å². The quantitative estimate of drug-likeness (QED) is 0.806. The predicted molar refractivity (Wildman–Crippen MR) is 80.0 cm³/mol. The van der Waals surface area contributed by atoms with Gasteiger partial charge in [-0.1, -0.05) is 27.7 Å². The van der Waals surface area contributed by atoms with Crippen LogP contribution in [0.3, 0.4) is 0 Å². The molecule has 106 valence electrons. The molecule has 0 aromatic heterocycles. The van der Waals surface area contributed by atoms with E-state index in [1.807, 2.05) is 18.7 Å². The second-order valence-electron chi connectivity index (χ2n) is 6.39. The minimum absolute atomic E-state index is 0.105. The lowest BCUT2D eigenvalue weighted by atomic mass is 9.82.